The molecule has 0 aromatic heterocycles. The molecule has 2 heteroatoms. The second-order valence-electron chi connectivity index (χ2n) is 6.60. The maximum Gasteiger partial charge on any atom is 0.136 e. The maximum absolute atomic E-state index is 11.8. The minimum Gasteiger partial charge on any atom is -0.374 e. The minimum atomic E-state index is -0.183. The Bertz CT molecular complexity index is 386. The quantitative estimate of drug-likeness (QED) is 0.652. The lowest BCUT2D eigenvalue weighted by atomic mass is 9.58. The first-order valence-electron chi connectivity index (χ1n) is 6.78. The third-order valence-corrected chi connectivity index (χ3v) is 5.69. The molecule has 4 unspecified atom stereocenters. The number of ketones is 1. The Labute approximate surface area is 103 Å². The van der Waals surface area contributed by atoms with Gasteiger partial charge in [0.05, 0.1) is 12.2 Å². The van der Waals surface area contributed by atoms with E-state index < -0.39 is 0 Å². The van der Waals surface area contributed by atoms with Crippen molar-refractivity contribution in [3.05, 3.63) is 12.2 Å². The van der Waals surface area contributed by atoms with Gasteiger partial charge in [0.1, 0.15) is 5.78 Å². The van der Waals surface area contributed by atoms with Crippen LogP contribution in [0.15, 0.2) is 12.2 Å². The molecule has 94 valence electrons. The van der Waals surface area contributed by atoms with Crippen LogP contribution in [0.25, 0.3) is 0 Å². The standard InChI is InChI=1S/C15H22O2/c1-10(2)11-4-5-15(7-11)12-6-13(16)8-14(15,3)17-9-12/h11-12H,1,4-9H2,2-3H3. The molecule has 3 rings (SSSR count). The van der Waals surface area contributed by atoms with Crippen LogP contribution in [0.2, 0.25) is 0 Å². The summed E-state index contributed by atoms with van der Waals surface area (Å²) in [5.74, 6) is 1.52. The monoisotopic (exact) mass is 234 g/mol. The van der Waals surface area contributed by atoms with E-state index in [4.69, 9.17) is 4.74 Å². The highest BCUT2D eigenvalue weighted by molar-refractivity contribution is 5.81. The van der Waals surface area contributed by atoms with E-state index in [0.29, 0.717) is 24.0 Å². The van der Waals surface area contributed by atoms with E-state index in [1.165, 1.54) is 24.8 Å². The summed E-state index contributed by atoms with van der Waals surface area (Å²) in [5.41, 5.74) is 1.39. The van der Waals surface area contributed by atoms with Crippen molar-refractivity contribution < 1.29 is 9.53 Å². The summed E-state index contributed by atoms with van der Waals surface area (Å²) in [4.78, 5) is 11.8. The number of hydrogen-bond donors (Lipinski definition) is 0. The van der Waals surface area contributed by atoms with Gasteiger partial charge in [-0.15, -0.1) is 0 Å². The van der Waals surface area contributed by atoms with Gasteiger partial charge in [0.2, 0.25) is 0 Å². The molecular weight excluding hydrogens is 212 g/mol. The number of hydrogen-bond acceptors (Lipinski definition) is 2. The fraction of sp³-hybridized carbons (Fsp3) is 0.800. The van der Waals surface area contributed by atoms with Gasteiger partial charge in [-0.2, -0.15) is 0 Å². The van der Waals surface area contributed by atoms with Gasteiger partial charge in [-0.1, -0.05) is 12.2 Å². The maximum atomic E-state index is 11.8. The van der Waals surface area contributed by atoms with Gasteiger partial charge in [0.25, 0.3) is 0 Å². The van der Waals surface area contributed by atoms with Gasteiger partial charge >= 0.3 is 0 Å². The van der Waals surface area contributed by atoms with Crippen LogP contribution in [-0.4, -0.2) is 18.0 Å². The number of ether oxygens (including phenoxy) is 1. The normalized spacial score (nSPS) is 48.9. The molecule has 1 heterocycles. The summed E-state index contributed by atoms with van der Waals surface area (Å²) >= 11 is 0. The molecule has 2 nitrogen and oxygen atoms in total. The molecule has 2 bridgehead atoms. The average molecular weight is 234 g/mol. The van der Waals surface area contributed by atoms with Crippen molar-refractivity contribution in [3.8, 4) is 0 Å². The number of allylic oxidation sites excluding steroid dienone is 1. The molecule has 2 aliphatic carbocycles. The van der Waals surface area contributed by atoms with Crippen LogP contribution in [0.3, 0.4) is 0 Å². The molecule has 3 aliphatic rings. The first-order valence-corrected chi connectivity index (χ1v) is 6.78. The van der Waals surface area contributed by atoms with E-state index >= 15 is 0 Å². The van der Waals surface area contributed by atoms with Crippen molar-refractivity contribution in [2.24, 2.45) is 17.3 Å². The SMILES string of the molecule is C=C(C)C1CCC2(C1)C1COC2(C)CC(=O)C1. The molecule has 17 heavy (non-hydrogen) atoms. The summed E-state index contributed by atoms with van der Waals surface area (Å²) in [5, 5.41) is 0. The largest absolute Gasteiger partial charge is 0.374 e. The topological polar surface area (TPSA) is 26.3 Å². The smallest absolute Gasteiger partial charge is 0.136 e. The van der Waals surface area contributed by atoms with Crippen molar-refractivity contribution in [3.63, 3.8) is 0 Å². The molecule has 0 radical (unpaired) electrons. The van der Waals surface area contributed by atoms with Gasteiger partial charge < -0.3 is 4.74 Å². The van der Waals surface area contributed by atoms with Crippen molar-refractivity contribution in [2.45, 2.75) is 51.6 Å². The summed E-state index contributed by atoms with van der Waals surface area (Å²) < 4.78 is 6.05. The van der Waals surface area contributed by atoms with Crippen LogP contribution in [0.5, 0.6) is 0 Å². The lowest BCUT2D eigenvalue weighted by molar-refractivity contribution is -0.135. The van der Waals surface area contributed by atoms with E-state index in [1.54, 1.807) is 0 Å². The van der Waals surface area contributed by atoms with Gasteiger partial charge in [-0.05, 0) is 44.9 Å². The molecule has 2 saturated carbocycles. The fourth-order valence-corrected chi connectivity index (χ4v) is 4.57. The Balaban J connectivity index is 1.93. The van der Waals surface area contributed by atoms with Crippen LogP contribution < -0.4 is 0 Å². The van der Waals surface area contributed by atoms with Gasteiger partial charge in [0, 0.05) is 18.3 Å². The number of carbonyl (C=O) groups excluding carboxylic acids is 1. The number of carbonyl (C=O) groups is 1. The average Bonchev–Trinajstić information content (AvgIpc) is 2.73. The Hall–Kier alpha value is -0.630. The minimum absolute atomic E-state index is 0.183. The van der Waals surface area contributed by atoms with E-state index in [1.807, 2.05) is 0 Å². The molecular formula is C15H22O2. The first kappa shape index (κ1) is 11.5. The van der Waals surface area contributed by atoms with Crippen molar-refractivity contribution >= 4 is 5.78 Å². The van der Waals surface area contributed by atoms with Crippen molar-refractivity contribution in [2.75, 3.05) is 6.61 Å². The van der Waals surface area contributed by atoms with Gasteiger partial charge in [-0.25, -0.2) is 0 Å². The van der Waals surface area contributed by atoms with E-state index in [-0.39, 0.29) is 11.0 Å². The molecule has 1 saturated heterocycles. The molecule has 1 spiro atoms. The highest BCUT2D eigenvalue weighted by Gasteiger charge is 2.64. The van der Waals surface area contributed by atoms with E-state index in [2.05, 4.69) is 20.4 Å². The molecule has 0 N–H and O–H groups in total. The first-order chi connectivity index (χ1) is 7.97. The number of rotatable bonds is 1. The zero-order valence-corrected chi connectivity index (χ0v) is 10.9. The molecule has 3 fully saturated rings. The molecule has 4 atom stereocenters. The van der Waals surface area contributed by atoms with Crippen LogP contribution in [0.1, 0.15) is 46.0 Å². The lowest BCUT2D eigenvalue weighted by Gasteiger charge is -2.46. The Kier molecular flexibility index (Phi) is 2.32. The Morgan fingerprint density at radius 2 is 2.29 bits per heavy atom. The van der Waals surface area contributed by atoms with Crippen LogP contribution in [-0.2, 0) is 9.53 Å². The molecule has 1 aliphatic heterocycles. The predicted octanol–water partition coefficient (Wildman–Crippen LogP) is 3.12. The van der Waals surface area contributed by atoms with E-state index in [9.17, 15) is 4.79 Å². The van der Waals surface area contributed by atoms with Crippen LogP contribution in [0, 0.1) is 17.3 Å². The highest BCUT2D eigenvalue weighted by Crippen LogP contribution is 2.64. The summed E-state index contributed by atoms with van der Waals surface area (Å²) in [6.45, 7) is 9.23. The summed E-state index contributed by atoms with van der Waals surface area (Å²) in [6.07, 6.45) is 5.03. The van der Waals surface area contributed by atoms with Crippen LogP contribution in [0.4, 0.5) is 0 Å². The predicted molar refractivity (Wildman–Crippen MR) is 66.7 cm³/mol. The zero-order valence-electron chi connectivity index (χ0n) is 10.9. The van der Waals surface area contributed by atoms with Crippen molar-refractivity contribution in [1.29, 1.82) is 0 Å². The van der Waals surface area contributed by atoms with E-state index in [0.717, 1.165) is 13.0 Å². The second-order valence-corrected chi connectivity index (χ2v) is 6.60. The molecule has 0 aromatic rings. The Morgan fingerprint density at radius 3 is 2.88 bits per heavy atom. The lowest BCUT2D eigenvalue weighted by Crippen LogP contribution is -2.49. The fourth-order valence-electron chi connectivity index (χ4n) is 4.57. The third kappa shape index (κ3) is 1.40. The second kappa shape index (κ2) is 3.44. The summed E-state index contributed by atoms with van der Waals surface area (Å²) in [7, 11) is 0. The summed E-state index contributed by atoms with van der Waals surface area (Å²) in [6, 6.07) is 0. The Morgan fingerprint density at radius 1 is 1.53 bits per heavy atom. The zero-order chi connectivity index (χ0) is 12.3. The third-order valence-electron chi connectivity index (χ3n) is 5.69. The van der Waals surface area contributed by atoms with Crippen molar-refractivity contribution in [1.82, 2.24) is 0 Å². The molecule has 0 aromatic carbocycles. The highest BCUT2D eigenvalue weighted by atomic mass is 16.5. The molecule has 0 amide bonds. The van der Waals surface area contributed by atoms with Gasteiger partial charge in [-0.3, -0.25) is 4.79 Å². The van der Waals surface area contributed by atoms with Gasteiger partial charge in [0.15, 0.2) is 0 Å². The van der Waals surface area contributed by atoms with Crippen LogP contribution >= 0.6 is 0 Å². The number of Topliss-reactive ketones (excluding diaryl/α,β-unsaturated/α-hetero) is 1.